The fraction of sp³-hybridized carbons (Fsp3) is 0.647. The minimum atomic E-state index is 0. The molecule has 4 nitrogen and oxygen atoms in total. The number of piperazine rings is 1. The molecule has 2 heterocycles. The molecule has 6 heteroatoms. The van der Waals surface area contributed by atoms with Crippen LogP contribution in [0.5, 0.6) is 11.5 Å². The summed E-state index contributed by atoms with van der Waals surface area (Å²) >= 11 is 0. The van der Waals surface area contributed by atoms with Gasteiger partial charge in [-0.25, -0.2) is 0 Å². The highest BCUT2D eigenvalue weighted by atomic mass is 35.5. The summed E-state index contributed by atoms with van der Waals surface area (Å²) in [5.41, 5.74) is 1.31. The van der Waals surface area contributed by atoms with Gasteiger partial charge in [0, 0.05) is 37.8 Å². The Labute approximate surface area is 151 Å². The second-order valence-electron chi connectivity index (χ2n) is 5.88. The van der Waals surface area contributed by atoms with E-state index in [0.717, 1.165) is 37.7 Å². The van der Waals surface area contributed by atoms with Gasteiger partial charge < -0.3 is 14.8 Å². The Balaban J connectivity index is 0.00000132. The van der Waals surface area contributed by atoms with E-state index >= 15 is 0 Å². The molecule has 0 radical (unpaired) electrons. The molecule has 0 saturated carbocycles. The monoisotopic (exact) mass is 362 g/mol. The van der Waals surface area contributed by atoms with Crippen LogP contribution in [0.2, 0.25) is 0 Å². The average molecular weight is 363 g/mol. The average Bonchev–Trinajstić information content (AvgIpc) is 3.01. The Morgan fingerprint density at radius 3 is 2.65 bits per heavy atom. The van der Waals surface area contributed by atoms with E-state index < -0.39 is 0 Å². The van der Waals surface area contributed by atoms with Crippen molar-refractivity contribution in [2.75, 3.05) is 33.0 Å². The van der Waals surface area contributed by atoms with Crippen LogP contribution in [0, 0.1) is 0 Å². The van der Waals surface area contributed by atoms with Crippen molar-refractivity contribution in [1.29, 1.82) is 0 Å². The first-order valence-corrected chi connectivity index (χ1v) is 8.23. The maximum absolute atomic E-state index is 5.74. The predicted molar refractivity (Wildman–Crippen MR) is 98.4 cm³/mol. The molecular formula is C17H28Cl2N2O2. The van der Waals surface area contributed by atoms with E-state index in [4.69, 9.17) is 9.47 Å². The molecule has 23 heavy (non-hydrogen) atoms. The van der Waals surface area contributed by atoms with E-state index in [0.29, 0.717) is 12.8 Å². The zero-order chi connectivity index (χ0) is 14.5. The number of nitrogens with zero attached hydrogens (tertiary/aromatic N) is 1. The third kappa shape index (κ3) is 4.90. The number of benzene rings is 1. The lowest BCUT2D eigenvalue weighted by Crippen LogP contribution is -2.45. The topological polar surface area (TPSA) is 33.7 Å². The highest BCUT2D eigenvalue weighted by Gasteiger charge is 2.28. The lowest BCUT2D eigenvalue weighted by molar-refractivity contribution is 0.152. The van der Waals surface area contributed by atoms with Crippen molar-refractivity contribution in [1.82, 2.24) is 10.2 Å². The first kappa shape index (κ1) is 20.4. The molecule has 1 aromatic rings. The lowest BCUT2D eigenvalue weighted by Gasteiger charge is -2.35. The van der Waals surface area contributed by atoms with Gasteiger partial charge in [-0.05, 0) is 12.5 Å². The molecule has 0 unspecified atom stereocenters. The van der Waals surface area contributed by atoms with Gasteiger partial charge >= 0.3 is 0 Å². The number of fused-ring (bicyclic) bond motifs is 1. The molecule has 0 aromatic heterocycles. The molecule has 0 amide bonds. The number of hydrogen-bond acceptors (Lipinski definition) is 4. The molecule has 0 spiro atoms. The summed E-state index contributed by atoms with van der Waals surface area (Å²) in [7, 11) is 0. The molecule has 1 N–H and O–H groups in total. The number of para-hydroxylation sites is 1. The van der Waals surface area contributed by atoms with E-state index in [1.54, 1.807) is 0 Å². The Kier molecular flexibility index (Phi) is 9.07. The van der Waals surface area contributed by atoms with Crippen LogP contribution >= 0.6 is 24.8 Å². The zero-order valence-electron chi connectivity index (χ0n) is 13.8. The second kappa shape index (κ2) is 10.2. The van der Waals surface area contributed by atoms with Gasteiger partial charge in [-0.3, -0.25) is 4.90 Å². The van der Waals surface area contributed by atoms with Crippen molar-refractivity contribution in [2.45, 2.75) is 38.6 Å². The molecule has 3 rings (SSSR count). The Morgan fingerprint density at radius 1 is 1.13 bits per heavy atom. The SMILES string of the molecule is CCCCC[C@H](c1cccc2c1OCO2)N1CCNCC1.Cl.Cl. The maximum atomic E-state index is 5.74. The molecule has 2 aliphatic rings. The number of rotatable bonds is 6. The maximum Gasteiger partial charge on any atom is 0.231 e. The molecular weight excluding hydrogens is 335 g/mol. The standard InChI is InChI=1S/C17H26N2O2.2ClH/c1-2-3-4-7-15(19-11-9-18-10-12-19)14-6-5-8-16-17(14)21-13-20-16;;/h5-6,8,15,18H,2-4,7,9-13H2,1H3;2*1H/t15-;;/m1../s1. The summed E-state index contributed by atoms with van der Waals surface area (Å²) in [5, 5.41) is 3.44. The van der Waals surface area contributed by atoms with Gasteiger partial charge in [-0.15, -0.1) is 24.8 Å². The third-order valence-corrected chi connectivity index (χ3v) is 4.46. The van der Waals surface area contributed by atoms with Crippen molar-refractivity contribution in [3.05, 3.63) is 23.8 Å². The fourth-order valence-electron chi connectivity index (χ4n) is 3.33. The molecule has 0 bridgehead atoms. The normalized spacial score (nSPS) is 18.0. The minimum absolute atomic E-state index is 0. The van der Waals surface area contributed by atoms with Crippen molar-refractivity contribution in [2.24, 2.45) is 0 Å². The fourth-order valence-corrected chi connectivity index (χ4v) is 3.33. The van der Waals surface area contributed by atoms with Crippen molar-refractivity contribution in [3.8, 4) is 11.5 Å². The first-order chi connectivity index (χ1) is 10.4. The molecule has 1 fully saturated rings. The van der Waals surface area contributed by atoms with Gasteiger partial charge in [0.15, 0.2) is 11.5 Å². The summed E-state index contributed by atoms with van der Waals surface area (Å²) < 4.78 is 11.3. The molecule has 1 saturated heterocycles. The van der Waals surface area contributed by atoms with E-state index in [-0.39, 0.29) is 24.8 Å². The van der Waals surface area contributed by atoms with Crippen molar-refractivity contribution in [3.63, 3.8) is 0 Å². The van der Waals surface area contributed by atoms with Crippen LogP contribution in [-0.4, -0.2) is 37.9 Å². The first-order valence-electron chi connectivity index (χ1n) is 8.23. The van der Waals surface area contributed by atoms with Crippen molar-refractivity contribution >= 4 is 24.8 Å². The number of ether oxygens (including phenoxy) is 2. The number of halogens is 2. The van der Waals surface area contributed by atoms with Crippen LogP contribution in [-0.2, 0) is 0 Å². The molecule has 1 aromatic carbocycles. The van der Waals surface area contributed by atoms with E-state index in [1.807, 2.05) is 6.07 Å². The number of hydrogen-bond donors (Lipinski definition) is 1. The molecule has 132 valence electrons. The Hall–Kier alpha value is -0.680. The summed E-state index contributed by atoms with van der Waals surface area (Å²) in [4.78, 5) is 2.60. The van der Waals surface area contributed by atoms with Crippen molar-refractivity contribution < 1.29 is 9.47 Å². The van der Waals surface area contributed by atoms with Gasteiger partial charge in [-0.1, -0.05) is 38.3 Å². The van der Waals surface area contributed by atoms with Crippen LogP contribution < -0.4 is 14.8 Å². The van der Waals surface area contributed by atoms with Crippen LogP contribution in [0.4, 0.5) is 0 Å². The predicted octanol–water partition coefficient (Wildman–Crippen LogP) is 3.79. The van der Waals surface area contributed by atoms with E-state index in [2.05, 4.69) is 29.3 Å². The second-order valence-corrected chi connectivity index (χ2v) is 5.88. The van der Waals surface area contributed by atoms with Gasteiger partial charge in [0.05, 0.1) is 0 Å². The summed E-state index contributed by atoms with van der Waals surface area (Å²) in [6.45, 7) is 7.00. The van der Waals surface area contributed by atoms with Gasteiger partial charge in [0.25, 0.3) is 0 Å². The van der Waals surface area contributed by atoms with Gasteiger partial charge in [-0.2, -0.15) is 0 Å². The van der Waals surface area contributed by atoms with E-state index in [9.17, 15) is 0 Å². The lowest BCUT2D eigenvalue weighted by atomic mass is 9.97. The van der Waals surface area contributed by atoms with Crippen LogP contribution in [0.3, 0.4) is 0 Å². The zero-order valence-corrected chi connectivity index (χ0v) is 15.4. The number of unbranched alkanes of at least 4 members (excludes halogenated alkanes) is 2. The summed E-state index contributed by atoms with van der Waals surface area (Å²) in [6.07, 6.45) is 5.04. The Morgan fingerprint density at radius 2 is 1.91 bits per heavy atom. The smallest absolute Gasteiger partial charge is 0.231 e. The highest BCUT2D eigenvalue weighted by Crippen LogP contribution is 2.41. The van der Waals surface area contributed by atoms with Crippen LogP contribution in [0.25, 0.3) is 0 Å². The highest BCUT2D eigenvalue weighted by molar-refractivity contribution is 5.85. The van der Waals surface area contributed by atoms with Gasteiger partial charge in [0.2, 0.25) is 6.79 Å². The Bertz CT molecular complexity index is 468. The third-order valence-electron chi connectivity index (χ3n) is 4.46. The summed E-state index contributed by atoms with van der Waals surface area (Å²) in [6, 6.07) is 6.77. The number of nitrogens with one attached hydrogen (secondary N) is 1. The molecule has 0 aliphatic carbocycles. The largest absolute Gasteiger partial charge is 0.454 e. The quantitative estimate of drug-likeness (QED) is 0.780. The minimum Gasteiger partial charge on any atom is -0.454 e. The molecule has 1 atom stereocenters. The van der Waals surface area contributed by atoms with Crippen LogP contribution in [0.15, 0.2) is 18.2 Å². The van der Waals surface area contributed by atoms with E-state index in [1.165, 1.54) is 31.2 Å². The summed E-state index contributed by atoms with van der Waals surface area (Å²) in [5.74, 6) is 1.88. The van der Waals surface area contributed by atoms with Gasteiger partial charge in [0.1, 0.15) is 0 Å². The molecule has 2 aliphatic heterocycles. The van der Waals surface area contributed by atoms with Crippen LogP contribution in [0.1, 0.15) is 44.2 Å².